The molecule has 1 amide bonds. The zero-order valence-electron chi connectivity index (χ0n) is 16.2. The molecule has 29 heavy (non-hydrogen) atoms. The highest BCUT2D eigenvalue weighted by atomic mass is 16.9. The fourth-order valence-corrected chi connectivity index (χ4v) is 2.89. The van der Waals surface area contributed by atoms with Crippen molar-refractivity contribution in [1.82, 2.24) is 5.43 Å². The van der Waals surface area contributed by atoms with Crippen molar-refractivity contribution >= 4 is 28.6 Å². The summed E-state index contributed by atoms with van der Waals surface area (Å²) in [7, 11) is 4.45. The van der Waals surface area contributed by atoms with E-state index in [-0.39, 0.29) is 11.5 Å². The van der Waals surface area contributed by atoms with Crippen molar-refractivity contribution in [3.05, 3.63) is 65.7 Å². The summed E-state index contributed by atoms with van der Waals surface area (Å²) in [4.78, 5) is 22.7. The number of carbonyl (C=O) groups excluding carboxylic acids is 1. The molecule has 150 valence electrons. The third-order valence-corrected chi connectivity index (χ3v) is 4.27. The summed E-state index contributed by atoms with van der Waals surface area (Å²) in [5, 5.41) is 16.8. The molecule has 0 aliphatic rings. The van der Waals surface area contributed by atoms with E-state index in [9.17, 15) is 9.90 Å². The first-order valence-corrected chi connectivity index (χ1v) is 8.69. The molecule has 2 N–H and O–H groups in total. The first-order chi connectivity index (χ1) is 14.1. The number of aromatic hydroxyl groups is 1. The third-order valence-electron chi connectivity index (χ3n) is 4.27. The minimum atomic E-state index is -0.426. The smallest absolute Gasteiger partial charge is 0.271 e. The van der Waals surface area contributed by atoms with Crippen LogP contribution >= 0.6 is 0 Å². The second-order valence-corrected chi connectivity index (χ2v) is 5.93. The van der Waals surface area contributed by atoms with Crippen molar-refractivity contribution in [1.29, 1.82) is 0 Å². The molecular formula is C21H21N3O5. The summed E-state index contributed by atoms with van der Waals surface area (Å²) in [6.45, 7) is 0. The summed E-state index contributed by atoms with van der Waals surface area (Å²) in [6, 6.07) is 15.7. The van der Waals surface area contributed by atoms with Crippen molar-refractivity contribution in [3.63, 3.8) is 0 Å². The molecular weight excluding hydrogens is 374 g/mol. The van der Waals surface area contributed by atoms with E-state index in [0.717, 1.165) is 22.0 Å². The standard InChI is InChI=1S/C21H21N3O5/c1-27-20-12-14(9-11-19(20)25)21(26)23-22-13-15-8-10-18(24(28-2)29-3)17-7-5-4-6-16(15)17/h4-13,25H,1-3H3,(H,23,26). The second kappa shape index (κ2) is 9.05. The van der Waals surface area contributed by atoms with Gasteiger partial charge in [0.15, 0.2) is 11.5 Å². The van der Waals surface area contributed by atoms with Crippen molar-refractivity contribution in [2.24, 2.45) is 5.10 Å². The first kappa shape index (κ1) is 20.1. The van der Waals surface area contributed by atoms with Crippen LogP contribution in [0.2, 0.25) is 0 Å². The quantitative estimate of drug-likeness (QED) is 0.471. The zero-order chi connectivity index (χ0) is 20.8. The number of hydrogen-bond acceptors (Lipinski definition) is 7. The van der Waals surface area contributed by atoms with Crippen molar-refractivity contribution in [2.45, 2.75) is 0 Å². The predicted molar refractivity (Wildman–Crippen MR) is 110 cm³/mol. The normalized spacial score (nSPS) is 11.0. The summed E-state index contributed by atoms with van der Waals surface area (Å²) in [5.41, 5.74) is 4.33. The molecule has 0 bridgehead atoms. The first-order valence-electron chi connectivity index (χ1n) is 8.69. The van der Waals surface area contributed by atoms with Crippen LogP contribution < -0.4 is 15.4 Å². The lowest BCUT2D eigenvalue weighted by atomic mass is 10.0. The monoisotopic (exact) mass is 395 g/mol. The van der Waals surface area contributed by atoms with E-state index >= 15 is 0 Å². The highest BCUT2D eigenvalue weighted by Gasteiger charge is 2.12. The van der Waals surface area contributed by atoms with Gasteiger partial charge >= 0.3 is 0 Å². The topological polar surface area (TPSA) is 92.6 Å². The lowest BCUT2D eigenvalue weighted by molar-refractivity contribution is -0.0426. The Kier molecular flexibility index (Phi) is 6.28. The highest BCUT2D eigenvalue weighted by molar-refractivity contribution is 6.05. The van der Waals surface area contributed by atoms with Crippen LogP contribution in [0.25, 0.3) is 10.8 Å². The predicted octanol–water partition coefficient (Wildman–Crippen LogP) is 3.25. The van der Waals surface area contributed by atoms with Crippen LogP contribution in [0.1, 0.15) is 15.9 Å². The van der Waals surface area contributed by atoms with Gasteiger partial charge in [-0.25, -0.2) is 5.43 Å². The minimum absolute atomic E-state index is 0.0414. The number of methoxy groups -OCH3 is 1. The van der Waals surface area contributed by atoms with Crippen molar-refractivity contribution in [2.75, 3.05) is 26.6 Å². The number of benzene rings is 3. The molecule has 3 aromatic carbocycles. The summed E-state index contributed by atoms with van der Waals surface area (Å²) in [5.74, 6) is -0.255. The molecule has 0 aliphatic heterocycles. The molecule has 3 aromatic rings. The summed E-state index contributed by atoms with van der Waals surface area (Å²) in [6.07, 6.45) is 1.56. The Labute approximate surface area is 167 Å². The van der Waals surface area contributed by atoms with Gasteiger partial charge in [-0.2, -0.15) is 5.10 Å². The number of hydrazone groups is 1. The molecule has 0 radical (unpaired) electrons. The average molecular weight is 395 g/mol. The number of rotatable bonds is 7. The van der Waals surface area contributed by atoms with E-state index in [1.54, 1.807) is 6.21 Å². The second-order valence-electron chi connectivity index (χ2n) is 5.93. The Balaban J connectivity index is 1.84. The van der Waals surface area contributed by atoms with Gasteiger partial charge in [-0.1, -0.05) is 30.3 Å². The van der Waals surface area contributed by atoms with E-state index in [4.69, 9.17) is 14.4 Å². The molecule has 0 saturated carbocycles. The molecule has 0 fully saturated rings. The van der Waals surface area contributed by atoms with Crippen molar-refractivity contribution < 1.29 is 24.3 Å². The maximum atomic E-state index is 12.3. The van der Waals surface area contributed by atoms with Crippen LogP contribution in [0.3, 0.4) is 0 Å². The number of hydrogen-bond donors (Lipinski definition) is 2. The van der Waals surface area contributed by atoms with Crippen LogP contribution in [0.15, 0.2) is 59.7 Å². The van der Waals surface area contributed by atoms with Gasteiger partial charge in [0.05, 0.1) is 27.5 Å². The van der Waals surface area contributed by atoms with Gasteiger partial charge in [-0.05, 0) is 29.7 Å². The van der Waals surface area contributed by atoms with E-state index < -0.39 is 5.91 Å². The fraction of sp³-hybridized carbons (Fsp3) is 0.143. The number of anilines is 1. The van der Waals surface area contributed by atoms with Crippen LogP contribution in [-0.4, -0.2) is 38.6 Å². The lowest BCUT2D eigenvalue weighted by Gasteiger charge is -2.20. The molecule has 8 heteroatoms. The fourth-order valence-electron chi connectivity index (χ4n) is 2.89. The molecule has 0 atom stereocenters. The van der Waals surface area contributed by atoms with Crippen LogP contribution in [0.4, 0.5) is 5.69 Å². The number of amides is 1. The third kappa shape index (κ3) is 4.29. The van der Waals surface area contributed by atoms with Crippen LogP contribution in [-0.2, 0) is 9.68 Å². The van der Waals surface area contributed by atoms with E-state index in [1.807, 2.05) is 36.4 Å². The van der Waals surface area contributed by atoms with Gasteiger partial charge in [0.2, 0.25) is 0 Å². The molecule has 0 aliphatic carbocycles. The van der Waals surface area contributed by atoms with Gasteiger partial charge in [0.25, 0.3) is 5.91 Å². The SMILES string of the molecule is COc1cc(C(=O)NN=Cc2ccc(N(OC)OC)c3ccccc23)ccc1O. The number of carbonyl (C=O) groups is 1. The molecule has 0 saturated heterocycles. The Bertz CT molecular complexity index is 1050. The number of phenols is 1. The molecule has 0 heterocycles. The Morgan fingerprint density at radius 3 is 2.45 bits per heavy atom. The van der Waals surface area contributed by atoms with Gasteiger partial charge in [-0.3, -0.25) is 14.5 Å². The van der Waals surface area contributed by atoms with Gasteiger partial charge in [0.1, 0.15) is 5.69 Å². The van der Waals surface area contributed by atoms with E-state index in [1.165, 1.54) is 44.8 Å². The number of ether oxygens (including phenoxy) is 1. The van der Waals surface area contributed by atoms with E-state index in [0.29, 0.717) is 5.56 Å². The Hall–Kier alpha value is -3.62. The summed E-state index contributed by atoms with van der Waals surface area (Å²) < 4.78 is 5.01. The van der Waals surface area contributed by atoms with Crippen LogP contribution in [0, 0.1) is 0 Å². The summed E-state index contributed by atoms with van der Waals surface area (Å²) >= 11 is 0. The minimum Gasteiger partial charge on any atom is -0.504 e. The molecule has 0 aromatic heterocycles. The molecule has 3 rings (SSSR count). The van der Waals surface area contributed by atoms with Gasteiger partial charge < -0.3 is 9.84 Å². The number of fused-ring (bicyclic) bond motifs is 1. The Morgan fingerprint density at radius 2 is 1.76 bits per heavy atom. The maximum absolute atomic E-state index is 12.3. The average Bonchev–Trinajstić information content (AvgIpc) is 2.75. The van der Waals surface area contributed by atoms with E-state index in [2.05, 4.69) is 10.5 Å². The van der Waals surface area contributed by atoms with Crippen molar-refractivity contribution in [3.8, 4) is 11.5 Å². The maximum Gasteiger partial charge on any atom is 0.271 e. The number of nitrogens with zero attached hydrogens (tertiary/aromatic N) is 2. The Morgan fingerprint density at radius 1 is 1.03 bits per heavy atom. The largest absolute Gasteiger partial charge is 0.504 e. The lowest BCUT2D eigenvalue weighted by Crippen LogP contribution is -2.20. The molecule has 0 spiro atoms. The van der Waals surface area contributed by atoms with Gasteiger partial charge in [0, 0.05) is 16.5 Å². The number of phenolic OH excluding ortho intramolecular Hbond substituents is 1. The zero-order valence-corrected chi connectivity index (χ0v) is 16.2. The highest BCUT2D eigenvalue weighted by Crippen LogP contribution is 2.29. The number of nitrogens with one attached hydrogen (secondary N) is 1. The molecule has 8 nitrogen and oxygen atoms in total. The van der Waals surface area contributed by atoms with Crippen LogP contribution in [0.5, 0.6) is 11.5 Å². The molecule has 0 unspecified atom stereocenters. The van der Waals surface area contributed by atoms with Gasteiger partial charge in [-0.15, -0.1) is 5.23 Å².